The molecular weight excluding hydrogens is 350 g/mol. The largest absolute Gasteiger partial charge is 0.457 e. The Hall–Kier alpha value is -2.63. The molecule has 3 aromatic rings. The van der Waals surface area contributed by atoms with Crippen molar-refractivity contribution in [3.05, 3.63) is 65.1 Å². The van der Waals surface area contributed by atoms with E-state index >= 15 is 0 Å². The molecule has 0 amide bonds. The Morgan fingerprint density at radius 3 is 2.58 bits per heavy atom. The van der Waals surface area contributed by atoms with E-state index in [1.54, 1.807) is 18.2 Å². The Balaban J connectivity index is 1.82. The average Bonchev–Trinajstić information content (AvgIpc) is 2.96. The summed E-state index contributed by atoms with van der Waals surface area (Å²) in [4.78, 5) is 17.7. The molecule has 0 spiro atoms. The third-order valence-electron chi connectivity index (χ3n) is 4.02. The minimum Gasteiger partial charge on any atom is -0.457 e. The molecule has 0 saturated carbocycles. The number of rotatable bonds is 6. The number of ether oxygens (including phenoxy) is 1. The molecule has 0 aliphatic carbocycles. The highest BCUT2D eigenvalue weighted by Crippen LogP contribution is 2.29. The second-order valence-corrected chi connectivity index (χ2v) is 6.72. The van der Waals surface area contributed by atoms with Gasteiger partial charge in [0.25, 0.3) is 0 Å². The first-order valence-corrected chi connectivity index (χ1v) is 8.54. The lowest BCUT2D eigenvalue weighted by Gasteiger charge is -2.11. The van der Waals surface area contributed by atoms with Crippen LogP contribution in [-0.2, 0) is 13.6 Å². The van der Waals surface area contributed by atoms with Gasteiger partial charge in [-0.05, 0) is 50.5 Å². The Morgan fingerprint density at radius 2 is 1.92 bits per heavy atom. The van der Waals surface area contributed by atoms with Crippen LogP contribution in [0, 0.1) is 0 Å². The van der Waals surface area contributed by atoms with E-state index in [0.717, 1.165) is 29.9 Å². The van der Waals surface area contributed by atoms with Crippen LogP contribution >= 0.6 is 11.6 Å². The van der Waals surface area contributed by atoms with Crippen molar-refractivity contribution in [2.75, 3.05) is 14.1 Å². The fraction of sp³-hybridized carbons (Fsp3) is 0.200. The van der Waals surface area contributed by atoms with Gasteiger partial charge in [-0.25, -0.2) is 4.98 Å². The summed E-state index contributed by atoms with van der Waals surface area (Å²) >= 11 is 5.99. The zero-order chi connectivity index (χ0) is 18.7. The molecule has 1 aromatic heterocycles. The van der Waals surface area contributed by atoms with Gasteiger partial charge in [0.1, 0.15) is 17.3 Å². The maximum absolute atomic E-state index is 11.1. The summed E-state index contributed by atoms with van der Waals surface area (Å²) in [6.07, 6.45) is 2.62. The van der Waals surface area contributed by atoms with Crippen molar-refractivity contribution in [3.63, 3.8) is 0 Å². The number of halogens is 1. The molecule has 0 N–H and O–H groups in total. The maximum atomic E-state index is 11.1. The van der Waals surface area contributed by atoms with Gasteiger partial charge in [0, 0.05) is 23.7 Å². The van der Waals surface area contributed by atoms with Crippen molar-refractivity contribution < 1.29 is 9.53 Å². The van der Waals surface area contributed by atoms with Crippen LogP contribution in [0.4, 0.5) is 0 Å². The lowest BCUT2D eigenvalue weighted by Crippen LogP contribution is -2.14. The van der Waals surface area contributed by atoms with E-state index in [4.69, 9.17) is 16.3 Å². The van der Waals surface area contributed by atoms with Gasteiger partial charge in [0.2, 0.25) is 0 Å². The number of hydrogen-bond donors (Lipinski definition) is 0. The van der Waals surface area contributed by atoms with Crippen LogP contribution in [0.5, 0.6) is 11.5 Å². The number of carbonyl (C=O) groups excluding carboxylic acids is 1. The highest BCUT2D eigenvalue weighted by Gasteiger charge is 2.10. The zero-order valence-corrected chi connectivity index (χ0v) is 15.7. The molecule has 0 bridgehead atoms. The lowest BCUT2D eigenvalue weighted by atomic mass is 10.1. The molecule has 0 saturated heterocycles. The van der Waals surface area contributed by atoms with Crippen LogP contribution in [0.1, 0.15) is 16.2 Å². The highest BCUT2D eigenvalue weighted by atomic mass is 35.5. The molecule has 0 fully saturated rings. The van der Waals surface area contributed by atoms with E-state index in [9.17, 15) is 4.79 Å². The molecule has 5 nitrogen and oxygen atoms in total. The normalized spacial score (nSPS) is 11.0. The summed E-state index contributed by atoms with van der Waals surface area (Å²) in [5.41, 5.74) is 2.53. The number of benzene rings is 2. The molecule has 0 aliphatic rings. The number of nitrogens with zero attached hydrogens (tertiary/aromatic N) is 3. The van der Waals surface area contributed by atoms with Gasteiger partial charge in [-0.15, -0.1) is 0 Å². The summed E-state index contributed by atoms with van der Waals surface area (Å²) in [6.45, 7) is 0.779. The number of aldehydes is 1. The van der Waals surface area contributed by atoms with Crippen LogP contribution in [0.3, 0.4) is 0 Å². The average molecular weight is 370 g/mol. The van der Waals surface area contributed by atoms with E-state index < -0.39 is 0 Å². The number of hydrogen-bond acceptors (Lipinski definition) is 4. The summed E-state index contributed by atoms with van der Waals surface area (Å²) < 4.78 is 7.90. The minimum atomic E-state index is 0.439. The van der Waals surface area contributed by atoms with Crippen molar-refractivity contribution in [2.24, 2.45) is 7.05 Å². The zero-order valence-electron chi connectivity index (χ0n) is 14.9. The van der Waals surface area contributed by atoms with Crippen molar-refractivity contribution in [1.82, 2.24) is 14.5 Å². The van der Waals surface area contributed by atoms with E-state index in [-0.39, 0.29) is 0 Å². The predicted octanol–water partition coefficient (Wildman–Crippen LogP) is 4.41. The molecule has 0 atom stereocenters. The van der Waals surface area contributed by atoms with Crippen molar-refractivity contribution in [1.29, 1.82) is 0 Å². The van der Waals surface area contributed by atoms with Gasteiger partial charge in [-0.2, -0.15) is 0 Å². The van der Waals surface area contributed by atoms with Gasteiger partial charge in [0.05, 0.1) is 24.0 Å². The second-order valence-electron chi connectivity index (χ2n) is 6.28. The van der Waals surface area contributed by atoms with E-state index in [1.807, 2.05) is 51.6 Å². The van der Waals surface area contributed by atoms with E-state index in [0.29, 0.717) is 22.1 Å². The lowest BCUT2D eigenvalue weighted by molar-refractivity contribution is 0.112. The number of aromatic nitrogens is 2. The molecule has 1 heterocycles. The predicted molar refractivity (Wildman–Crippen MR) is 103 cm³/mol. The molecule has 6 heteroatoms. The second kappa shape index (κ2) is 7.72. The Bertz CT molecular complexity index is 917. The quantitative estimate of drug-likeness (QED) is 0.604. The standard InChI is InChI=1S/C20H20ClN3O2/c1-23(2)12-20-22-11-18(24(20)3)14-5-8-17(9-6-14)26-19-10-16(21)7-4-15(19)13-25/h4-11,13H,12H2,1-3H3. The highest BCUT2D eigenvalue weighted by molar-refractivity contribution is 6.30. The first-order chi connectivity index (χ1) is 12.5. The summed E-state index contributed by atoms with van der Waals surface area (Å²) in [6, 6.07) is 12.6. The topological polar surface area (TPSA) is 47.4 Å². The van der Waals surface area contributed by atoms with Crippen LogP contribution in [0.15, 0.2) is 48.7 Å². The third kappa shape index (κ3) is 3.95. The minimum absolute atomic E-state index is 0.439. The van der Waals surface area contributed by atoms with Gasteiger partial charge in [-0.3, -0.25) is 4.79 Å². The monoisotopic (exact) mass is 369 g/mol. The number of imidazole rings is 1. The maximum Gasteiger partial charge on any atom is 0.153 e. The molecule has 0 radical (unpaired) electrons. The molecule has 134 valence electrons. The Kier molecular flexibility index (Phi) is 5.40. The van der Waals surface area contributed by atoms with E-state index in [2.05, 4.69) is 14.5 Å². The third-order valence-corrected chi connectivity index (χ3v) is 4.26. The van der Waals surface area contributed by atoms with Gasteiger partial charge in [-0.1, -0.05) is 11.6 Å². The fourth-order valence-corrected chi connectivity index (χ4v) is 2.82. The fourth-order valence-electron chi connectivity index (χ4n) is 2.66. The molecule has 26 heavy (non-hydrogen) atoms. The summed E-state index contributed by atoms with van der Waals surface area (Å²) in [7, 11) is 6.04. The molecule has 3 rings (SSSR count). The van der Waals surface area contributed by atoms with Gasteiger partial charge in [0.15, 0.2) is 6.29 Å². The first-order valence-electron chi connectivity index (χ1n) is 8.16. The SMILES string of the molecule is CN(C)Cc1ncc(-c2ccc(Oc3cc(Cl)ccc3C=O)cc2)n1C. The Morgan fingerprint density at radius 1 is 1.19 bits per heavy atom. The molecule has 2 aromatic carbocycles. The molecule has 0 unspecified atom stereocenters. The number of carbonyl (C=O) groups is 1. The first kappa shape index (κ1) is 18.2. The van der Waals surface area contributed by atoms with Crippen molar-refractivity contribution in [2.45, 2.75) is 6.54 Å². The molecule has 0 aliphatic heterocycles. The smallest absolute Gasteiger partial charge is 0.153 e. The molecular formula is C20H20ClN3O2. The van der Waals surface area contributed by atoms with E-state index in [1.165, 1.54) is 0 Å². The van der Waals surface area contributed by atoms with Crippen molar-refractivity contribution in [3.8, 4) is 22.8 Å². The summed E-state index contributed by atoms with van der Waals surface area (Å²) in [5, 5.41) is 0.519. The van der Waals surface area contributed by atoms with Crippen LogP contribution < -0.4 is 4.74 Å². The van der Waals surface area contributed by atoms with Crippen LogP contribution in [-0.4, -0.2) is 34.8 Å². The van der Waals surface area contributed by atoms with Crippen LogP contribution in [0.25, 0.3) is 11.3 Å². The van der Waals surface area contributed by atoms with Crippen LogP contribution in [0.2, 0.25) is 5.02 Å². The van der Waals surface area contributed by atoms with Gasteiger partial charge < -0.3 is 14.2 Å². The Labute approximate surface area is 157 Å². The summed E-state index contributed by atoms with van der Waals surface area (Å²) in [5.74, 6) is 2.07. The van der Waals surface area contributed by atoms with Gasteiger partial charge >= 0.3 is 0 Å². The van der Waals surface area contributed by atoms with Crippen molar-refractivity contribution >= 4 is 17.9 Å².